The highest BCUT2D eigenvalue weighted by atomic mass is 32.1. The van der Waals surface area contributed by atoms with Crippen molar-refractivity contribution in [3.63, 3.8) is 0 Å². The lowest BCUT2D eigenvalue weighted by Crippen LogP contribution is -2.38. The number of hydrogen-bond donors (Lipinski definition) is 1. The van der Waals surface area contributed by atoms with Crippen LogP contribution in [0.1, 0.15) is 36.9 Å². The van der Waals surface area contributed by atoms with E-state index in [1.165, 1.54) is 19.3 Å². The van der Waals surface area contributed by atoms with E-state index in [1.54, 1.807) is 0 Å². The molecular weight excluding hydrogens is 294 g/mol. The predicted molar refractivity (Wildman–Crippen MR) is 89.6 cm³/mol. The van der Waals surface area contributed by atoms with Crippen LogP contribution in [0.15, 0.2) is 6.07 Å². The van der Waals surface area contributed by atoms with E-state index in [9.17, 15) is 5.26 Å². The number of aromatic amines is 1. The molecule has 3 rings (SSSR count). The number of piperidine rings is 1. The molecular formula is C17H23N3OS. The average molecular weight is 317 g/mol. The van der Waals surface area contributed by atoms with Crippen molar-refractivity contribution in [2.45, 2.75) is 32.6 Å². The fourth-order valence-corrected chi connectivity index (χ4v) is 3.45. The average Bonchev–Trinajstić information content (AvgIpc) is 3.31. The Morgan fingerprint density at radius 2 is 2.14 bits per heavy atom. The maximum Gasteiger partial charge on any atom is 0.123 e. The molecule has 1 N–H and O–H groups in total. The third-order valence-corrected chi connectivity index (χ3v) is 4.83. The Balaban J connectivity index is 1.68. The Labute approximate surface area is 137 Å². The van der Waals surface area contributed by atoms with Crippen molar-refractivity contribution in [2.24, 2.45) is 11.8 Å². The van der Waals surface area contributed by atoms with E-state index in [0.717, 1.165) is 50.0 Å². The SMILES string of the molecule is Cc1cc(N2CCC[C@H](COCC3CC3)C2)c(C#N)c(=S)[nH]1. The maximum atomic E-state index is 9.41. The summed E-state index contributed by atoms with van der Waals surface area (Å²) in [6, 6.07) is 4.30. The van der Waals surface area contributed by atoms with E-state index in [4.69, 9.17) is 17.0 Å². The third kappa shape index (κ3) is 3.68. The molecule has 4 nitrogen and oxygen atoms in total. The van der Waals surface area contributed by atoms with E-state index >= 15 is 0 Å². The van der Waals surface area contributed by atoms with Gasteiger partial charge in [0.2, 0.25) is 0 Å². The first-order valence-corrected chi connectivity index (χ1v) is 8.55. The zero-order valence-corrected chi connectivity index (χ0v) is 13.9. The minimum absolute atomic E-state index is 0.546. The molecule has 0 aromatic carbocycles. The van der Waals surface area contributed by atoms with E-state index < -0.39 is 0 Å². The largest absolute Gasteiger partial charge is 0.381 e. The van der Waals surface area contributed by atoms with Crippen molar-refractivity contribution < 1.29 is 4.74 Å². The van der Waals surface area contributed by atoms with Crippen molar-refractivity contribution >= 4 is 17.9 Å². The van der Waals surface area contributed by atoms with Gasteiger partial charge in [-0.1, -0.05) is 12.2 Å². The van der Waals surface area contributed by atoms with Gasteiger partial charge in [-0.2, -0.15) is 5.26 Å². The molecule has 1 aromatic rings. The molecule has 0 unspecified atom stereocenters. The predicted octanol–water partition coefficient (Wildman–Crippen LogP) is 3.57. The van der Waals surface area contributed by atoms with Crippen LogP contribution >= 0.6 is 12.2 Å². The summed E-state index contributed by atoms with van der Waals surface area (Å²) in [4.78, 5) is 5.38. The number of rotatable bonds is 5. The van der Waals surface area contributed by atoms with Gasteiger partial charge in [-0.25, -0.2) is 0 Å². The van der Waals surface area contributed by atoms with Gasteiger partial charge in [-0.05, 0) is 50.5 Å². The molecule has 2 aliphatic rings. The van der Waals surface area contributed by atoms with Gasteiger partial charge < -0.3 is 14.6 Å². The number of nitrogens with one attached hydrogen (secondary N) is 1. The number of pyridine rings is 1. The summed E-state index contributed by atoms with van der Waals surface area (Å²) in [7, 11) is 0. The maximum absolute atomic E-state index is 9.41. The highest BCUT2D eigenvalue weighted by Crippen LogP contribution is 2.30. The van der Waals surface area contributed by atoms with E-state index in [-0.39, 0.29) is 0 Å². The lowest BCUT2D eigenvalue weighted by atomic mass is 9.98. The number of hydrogen-bond acceptors (Lipinski definition) is 4. The highest BCUT2D eigenvalue weighted by Gasteiger charge is 2.25. The molecule has 1 aliphatic heterocycles. The molecule has 0 amide bonds. The second-order valence-electron chi connectivity index (χ2n) is 6.59. The summed E-state index contributed by atoms with van der Waals surface area (Å²) >= 11 is 5.30. The molecule has 22 heavy (non-hydrogen) atoms. The minimum atomic E-state index is 0.546. The van der Waals surface area contributed by atoms with Gasteiger partial charge >= 0.3 is 0 Å². The van der Waals surface area contributed by atoms with Gasteiger partial charge in [0.05, 0.1) is 12.3 Å². The smallest absolute Gasteiger partial charge is 0.123 e. The number of nitrogens with zero attached hydrogens (tertiary/aromatic N) is 2. The summed E-state index contributed by atoms with van der Waals surface area (Å²) in [6.45, 7) is 5.70. The van der Waals surface area contributed by atoms with Crippen molar-refractivity contribution in [1.29, 1.82) is 5.26 Å². The number of aryl methyl sites for hydroxylation is 1. The van der Waals surface area contributed by atoms with Crippen LogP contribution in [0.3, 0.4) is 0 Å². The number of ether oxygens (including phenoxy) is 1. The minimum Gasteiger partial charge on any atom is -0.381 e. The fraction of sp³-hybridized carbons (Fsp3) is 0.647. The molecule has 1 atom stereocenters. The second-order valence-corrected chi connectivity index (χ2v) is 7.00. The molecule has 1 saturated carbocycles. The Morgan fingerprint density at radius 3 is 2.86 bits per heavy atom. The number of H-pyrrole nitrogens is 1. The quantitative estimate of drug-likeness (QED) is 0.844. The molecule has 2 fully saturated rings. The molecule has 1 aromatic heterocycles. The third-order valence-electron chi connectivity index (χ3n) is 4.52. The highest BCUT2D eigenvalue weighted by molar-refractivity contribution is 7.71. The number of anilines is 1. The van der Waals surface area contributed by atoms with E-state index in [1.807, 2.05) is 13.0 Å². The summed E-state index contributed by atoms with van der Waals surface area (Å²) in [6.07, 6.45) is 5.03. The van der Waals surface area contributed by atoms with Crippen LogP contribution in [0, 0.1) is 34.7 Å². The summed E-state index contributed by atoms with van der Waals surface area (Å²) in [5, 5.41) is 9.41. The van der Waals surface area contributed by atoms with Crippen molar-refractivity contribution in [1.82, 2.24) is 4.98 Å². The lowest BCUT2D eigenvalue weighted by molar-refractivity contribution is 0.0859. The van der Waals surface area contributed by atoms with Crippen LogP contribution in [0.5, 0.6) is 0 Å². The molecule has 0 radical (unpaired) electrons. The normalized spacial score (nSPS) is 21.6. The van der Waals surface area contributed by atoms with Crippen LogP contribution in [-0.2, 0) is 4.74 Å². The standard InChI is InChI=1S/C17H23N3OS/c1-12-7-16(15(8-18)17(22)19-12)20-6-2-3-14(9-20)11-21-10-13-4-5-13/h7,13-14H,2-6,9-11H2,1H3,(H,19,22)/t14-/m0/s1. The summed E-state index contributed by atoms with van der Waals surface area (Å²) in [5.41, 5.74) is 2.59. The first kappa shape index (κ1) is 15.5. The molecule has 5 heteroatoms. The van der Waals surface area contributed by atoms with E-state index in [0.29, 0.717) is 16.1 Å². The van der Waals surface area contributed by atoms with E-state index in [2.05, 4.69) is 16.0 Å². The zero-order valence-electron chi connectivity index (χ0n) is 13.1. The Hall–Kier alpha value is -1.38. The molecule has 1 saturated heterocycles. The molecule has 118 valence electrons. The number of nitriles is 1. The molecule has 0 spiro atoms. The van der Waals surface area contributed by atoms with Gasteiger partial charge in [0.1, 0.15) is 16.3 Å². The Kier molecular flexibility index (Phi) is 4.80. The Bertz CT molecular complexity index is 630. The van der Waals surface area contributed by atoms with Crippen molar-refractivity contribution in [3.8, 4) is 6.07 Å². The first-order chi connectivity index (χ1) is 10.7. The molecule has 0 bridgehead atoms. The van der Waals surface area contributed by atoms with Crippen LogP contribution in [-0.4, -0.2) is 31.3 Å². The zero-order chi connectivity index (χ0) is 15.5. The molecule has 1 aliphatic carbocycles. The van der Waals surface area contributed by atoms with Gasteiger partial charge in [0, 0.05) is 25.4 Å². The fourth-order valence-electron chi connectivity index (χ4n) is 3.13. The monoisotopic (exact) mass is 317 g/mol. The first-order valence-electron chi connectivity index (χ1n) is 8.14. The van der Waals surface area contributed by atoms with Crippen molar-refractivity contribution in [2.75, 3.05) is 31.2 Å². The van der Waals surface area contributed by atoms with Crippen LogP contribution < -0.4 is 4.90 Å². The summed E-state index contributed by atoms with van der Waals surface area (Å²) in [5.74, 6) is 1.37. The Morgan fingerprint density at radius 1 is 1.36 bits per heavy atom. The lowest BCUT2D eigenvalue weighted by Gasteiger charge is -2.35. The van der Waals surface area contributed by atoms with Gasteiger partial charge in [-0.15, -0.1) is 0 Å². The number of aromatic nitrogens is 1. The van der Waals surface area contributed by atoms with Crippen molar-refractivity contribution in [3.05, 3.63) is 22.0 Å². The topological polar surface area (TPSA) is 52.0 Å². The summed E-state index contributed by atoms with van der Waals surface area (Å²) < 4.78 is 6.41. The molecule has 2 heterocycles. The van der Waals surface area contributed by atoms with Gasteiger partial charge in [-0.3, -0.25) is 0 Å². The van der Waals surface area contributed by atoms with Crippen LogP contribution in [0.2, 0.25) is 0 Å². The van der Waals surface area contributed by atoms with Crippen LogP contribution in [0.25, 0.3) is 0 Å². The van der Waals surface area contributed by atoms with Gasteiger partial charge in [0.25, 0.3) is 0 Å². The van der Waals surface area contributed by atoms with Gasteiger partial charge in [0.15, 0.2) is 0 Å². The second kappa shape index (κ2) is 6.80. The van der Waals surface area contributed by atoms with Crippen LogP contribution in [0.4, 0.5) is 5.69 Å².